The Morgan fingerprint density at radius 3 is 2.96 bits per heavy atom. The highest BCUT2D eigenvalue weighted by Gasteiger charge is 2.27. The first-order valence-electron chi connectivity index (χ1n) is 8.48. The summed E-state index contributed by atoms with van der Waals surface area (Å²) in [5.74, 6) is -0.312. The molecule has 1 atom stereocenters. The Kier molecular flexibility index (Phi) is 5.58. The minimum atomic E-state index is -0.312. The molecule has 2 N–H and O–H groups in total. The van der Waals surface area contributed by atoms with Crippen molar-refractivity contribution in [3.05, 3.63) is 28.0 Å². The SMILES string of the molecule is CCOC(=O)c1c(N)sc(CN2CCCCC2C)c1-c1cccs1. The molecule has 4 nitrogen and oxygen atoms in total. The number of nitrogens with zero attached hydrogens (tertiary/aromatic N) is 1. The summed E-state index contributed by atoms with van der Waals surface area (Å²) in [5.41, 5.74) is 7.74. The molecule has 1 saturated heterocycles. The second-order valence-corrected chi connectivity index (χ2v) is 8.24. The number of anilines is 1. The number of likely N-dealkylation sites (tertiary alicyclic amines) is 1. The smallest absolute Gasteiger partial charge is 0.341 e. The molecule has 1 fully saturated rings. The van der Waals surface area contributed by atoms with E-state index in [0.717, 1.165) is 23.5 Å². The predicted octanol–water partition coefficient (Wildman–Crippen LogP) is 4.61. The van der Waals surface area contributed by atoms with E-state index >= 15 is 0 Å². The maximum absolute atomic E-state index is 12.4. The van der Waals surface area contributed by atoms with E-state index in [2.05, 4.69) is 17.9 Å². The topological polar surface area (TPSA) is 55.6 Å². The third-order valence-corrected chi connectivity index (χ3v) is 6.43. The van der Waals surface area contributed by atoms with Crippen LogP contribution in [0.15, 0.2) is 17.5 Å². The van der Waals surface area contributed by atoms with Gasteiger partial charge in [-0.15, -0.1) is 22.7 Å². The van der Waals surface area contributed by atoms with E-state index in [1.54, 1.807) is 11.3 Å². The number of carbonyl (C=O) groups excluding carboxylic acids is 1. The molecule has 2 aromatic heterocycles. The molecule has 0 spiro atoms. The number of hydrogen-bond donors (Lipinski definition) is 1. The van der Waals surface area contributed by atoms with Crippen molar-refractivity contribution in [2.24, 2.45) is 0 Å². The molecule has 0 amide bonds. The van der Waals surface area contributed by atoms with Crippen molar-refractivity contribution in [1.82, 2.24) is 4.90 Å². The van der Waals surface area contributed by atoms with Crippen LogP contribution in [-0.2, 0) is 11.3 Å². The number of esters is 1. The summed E-state index contributed by atoms with van der Waals surface area (Å²) < 4.78 is 5.25. The van der Waals surface area contributed by atoms with Crippen LogP contribution in [-0.4, -0.2) is 30.1 Å². The zero-order valence-corrected chi connectivity index (χ0v) is 15.8. The third kappa shape index (κ3) is 3.50. The van der Waals surface area contributed by atoms with Gasteiger partial charge in [0.1, 0.15) is 10.6 Å². The van der Waals surface area contributed by atoms with Crippen molar-refractivity contribution >= 4 is 33.6 Å². The third-order valence-electron chi connectivity index (χ3n) is 4.54. The monoisotopic (exact) mass is 364 g/mol. The quantitative estimate of drug-likeness (QED) is 0.787. The van der Waals surface area contributed by atoms with Gasteiger partial charge in [0, 0.05) is 27.9 Å². The van der Waals surface area contributed by atoms with Crippen molar-refractivity contribution in [3.8, 4) is 10.4 Å². The van der Waals surface area contributed by atoms with Gasteiger partial charge in [-0.3, -0.25) is 4.90 Å². The minimum absolute atomic E-state index is 0.312. The lowest BCUT2D eigenvalue weighted by molar-refractivity contribution is 0.0529. The van der Waals surface area contributed by atoms with E-state index in [0.29, 0.717) is 23.2 Å². The average Bonchev–Trinajstić information content (AvgIpc) is 3.17. The molecule has 130 valence electrons. The lowest BCUT2D eigenvalue weighted by atomic mass is 10.0. The molecule has 0 radical (unpaired) electrons. The number of ether oxygens (including phenoxy) is 1. The van der Waals surface area contributed by atoms with Crippen LogP contribution < -0.4 is 5.73 Å². The fourth-order valence-electron chi connectivity index (χ4n) is 3.27. The van der Waals surface area contributed by atoms with Gasteiger partial charge in [-0.1, -0.05) is 12.5 Å². The average molecular weight is 365 g/mol. The van der Waals surface area contributed by atoms with Gasteiger partial charge in [0.2, 0.25) is 0 Å². The largest absolute Gasteiger partial charge is 0.462 e. The Morgan fingerprint density at radius 1 is 1.46 bits per heavy atom. The van der Waals surface area contributed by atoms with Gasteiger partial charge >= 0.3 is 5.97 Å². The molecular weight excluding hydrogens is 340 g/mol. The first-order chi connectivity index (χ1) is 11.6. The van der Waals surface area contributed by atoms with E-state index in [1.165, 1.54) is 35.5 Å². The summed E-state index contributed by atoms with van der Waals surface area (Å²) in [7, 11) is 0. The van der Waals surface area contributed by atoms with Gasteiger partial charge in [0.15, 0.2) is 0 Å². The van der Waals surface area contributed by atoms with Crippen LogP contribution in [0.2, 0.25) is 0 Å². The van der Waals surface area contributed by atoms with Crippen molar-refractivity contribution in [3.63, 3.8) is 0 Å². The number of thiophene rings is 2. The number of carbonyl (C=O) groups is 1. The lowest BCUT2D eigenvalue weighted by Gasteiger charge is -2.33. The molecule has 24 heavy (non-hydrogen) atoms. The summed E-state index contributed by atoms with van der Waals surface area (Å²) in [6, 6.07) is 4.64. The van der Waals surface area contributed by atoms with Crippen LogP contribution in [0.4, 0.5) is 5.00 Å². The maximum atomic E-state index is 12.4. The predicted molar refractivity (Wildman–Crippen MR) is 102 cm³/mol. The van der Waals surface area contributed by atoms with Crippen molar-refractivity contribution < 1.29 is 9.53 Å². The Balaban J connectivity index is 1.99. The molecule has 1 unspecified atom stereocenters. The van der Waals surface area contributed by atoms with Crippen LogP contribution in [0.5, 0.6) is 0 Å². The molecule has 2 aromatic rings. The normalized spacial score (nSPS) is 18.7. The highest BCUT2D eigenvalue weighted by atomic mass is 32.1. The Hall–Kier alpha value is -1.37. The summed E-state index contributed by atoms with van der Waals surface area (Å²) in [4.78, 5) is 17.2. The van der Waals surface area contributed by atoms with E-state index in [1.807, 2.05) is 18.4 Å². The van der Waals surface area contributed by atoms with E-state index in [-0.39, 0.29) is 5.97 Å². The van der Waals surface area contributed by atoms with Crippen LogP contribution in [0.1, 0.15) is 48.3 Å². The van der Waals surface area contributed by atoms with E-state index < -0.39 is 0 Å². The molecule has 3 heterocycles. The van der Waals surface area contributed by atoms with Crippen LogP contribution in [0, 0.1) is 0 Å². The van der Waals surface area contributed by atoms with Crippen molar-refractivity contribution in [1.29, 1.82) is 0 Å². The van der Waals surface area contributed by atoms with Crippen LogP contribution in [0.3, 0.4) is 0 Å². The summed E-state index contributed by atoms with van der Waals surface area (Å²) >= 11 is 3.17. The standard InChI is InChI=1S/C18H24N2O2S2/c1-3-22-18(21)16-15(13-8-6-10-23-13)14(24-17(16)19)11-20-9-5-4-7-12(20)2/h6,8,10,12H,3-5,7,9,11,19H2,1-2H3. The second kappa shape index (κ2) is 7.68. The lowest BCUT2D eigenvalue weighted by Crippen LogP contribution is -2.36. The highest BCUT2D eigenvalue weighted by Crippen LogP contribution is 2.42. The molecule has 0 aliphatic carbocycles. The fourth-order valence-corrected chi connectivity index (χ4v) is 5.24. The van der Waals surface area contributed by atoms with Crippen LogP contribution >= 0.6 is 22.7 Å². The maximum Gasteiger partial charge on any atom is 0.341 e. The van der Waals surface area contributed by atoms with Crippen molar-refractivity contribution in [2.75, 3.05) is 18.9 Å². The first-order valence-corrected chi connectivity index (χ1v) is 10.2. The van der Waals surface area contributed by atoms with Crippen molar-refractivity contribution in [2.45, 2.75) is 45.7 Å². The molecule has 0 saturated carbocycles. The van der Waals surface area contributed by atoms with Gasteiger partial charge in [0.25, 0.3) is 0 Å². The second-order valence-electron chi connectivity index (χ2n) is 6.15. The summed E-state index contributed by atoms with van der Waals surface area (Å²) in [6.07, 6.45) is 3.78. The number of piperidine rings is 1. The molecule has 1 aliphatic rings. The zero-order valence-electron chi connectivity index (χ0n) is 14.2. The van der Waals surface area contributed by atoms with Gasteiger partial charge < -0.3 is 10.5 Å². The zero-order chi connectivity index (χ0) is 17.1. The molecule has 0 aromatic carbocycles. The Bertz CT molecular complexity index is 694. The van der Waals surface area contributed by atoms with E-state index in [9.17, 15) is 4.79 Å². The molecule has 0 bridgehead atoms. The summed E-state index contributed by atoms with van der Waals surface area (Å²) in [6.45, 7) is 6.42. The number of nitrogen functional groups attached to an aromatic ring is 1. The fraction of sp³-hybridized carbons (Fsp3) is 0.500. The molecular formula is C18H24N2O2S2. The number of hydrogen-bond acceptors (Lipinski definition) is 6. The van der Waals surface area contributed by atoms with Gasteiger partial charge in [0.05, 0.1) is 6.61 Å². The first kappa shape index (κ1) is 17.5. The number of nitrogens with two attached hydrogens (primary N) is 1. The molecule has 6 heteroatoms. The number of rotatable bonds is 5. The Labute approximate surface area is 151 Å². The molecule has 1 aliphatic heterocycles. The van der Waals surface area contributed by atoms with E-state index in [4.69, 9.17) is 10.5 Å². The van der Waals surface area contributed by atoms with Gasteiger partial charge in [-0.25, -0.2) is 4.79 Å². The van der Waals surface area contributed by atoms with Gasteiger partial charge in [-0.05, 0) is 44.7 Å². The Morgan fingerprint density at radius 2 is 2.29 bits per heavy atom. The van der Waals surface area contributed by atoms with Crippen LogP contribution in [0.25, 0.3) is 10.4 Å². The summed E-state index contributed by atoms with van der Waals surface area (Å²) in [5, 5.41) is 2.60. The molecule has 3 rings (SSSR count). The minimum Gasteiger partial charge on any atom is -0.462 e. The highest BCUT2D eigenvalue weighted by molar-refractivity contribution is 7.18. The van der Waals surface area contributed by atoms with Gasteiger partial charge in [-0.2, -0.15) is 0 Å².